The summed E-state index contributed by atoms with van der Waals surface area (Å²) in [5.74, 6) is -0.0290. The molecule has 1 atom stereocenters. The van der Waals surface area contributed by atoms with Crippen molar-refractivity contribution in [2.75, 3.05) is 0 Å². The summed E-state index contributed by atoms with van der Waals surface area (Å²) in [4.78, 5) is 52.2. The van der Waals surface area contributed by atoms with Crippen LogP contribution in [0.4, 0.5) is 17.1 Å². The molecule has 0 radical (unpaired) electrons. The third kappa shape index (κ3) is 5.25. The van der Waals surface area contributed by atoms with Gasteiger partial charge in [-0.1, -0.05) is 65.9 Å². The van der Waals surface area contributed by atoms with Gasteiger partial charge in [-0.25, -0.2) is 4.99 Å². The zero-order valence-electron chi connectivity index (χ0n) is 24.1. The van der Waals surface area contributed by atoms with Crippen molar-refractivity contribution in [1.82, 2.24) is 4.57 Å². The molecule has 0 amide bonds. The van der Waals surface area contributed by atoms with Crippen molar-refractivity contribution in [3.8, 4) is 11.5 Å². The fraction of sp³-hybridized carbons (Fsp3) is 0.0909. The van der Waals surface area contributed by atoms with Gasteiger partial charge in [0.15, 0.2) is 4.80 Å². The molecule has 4 aromatic carbocycles. The fourth-order valence-electron chi connectivity index (χ4n) is 5.93. The van der Waals surface area contributed by atoms with Crippen molar-refractivity contribution in [1.29, 1.82) is 0 Å². The highest BCUT2D eigenvalue weighted by molar-refractivity contribution is 7.07. The Kier molecular flexibility index (Phi) is 7.25. The lowest BCUT2D eigenvalue weighted by Crippen LogP contribution is -2.38. The molecule has 1 aliphatic carbocycles. The molecule has 2 aliphatic rings. The van der Waals surface area contributed by atoms with Crippen LogP contribution in [-0.2, 0) is 6.42 Å². The van der Waals surface area contributed by atoms with Gasteiger partial charge in [0, 0.05) is 29.3 Å². The van der Waals surface area contributed by atoms with E-state index in [0.717, 1.165) is 58.4 Å². The maximum Gasteiger partial charge on any atom is 0.318 e. The first-order valence-electron chi connectivity index (χ1n) is 14.3. The van der Waals surface area contributed by atoms with Crippen molar-refractivity contribution in [3.63, 3.8) is 0 Å². The number of ether oxygens (including phenoxy) is 1. The second-order valence-corrected chi connectivity index (χ2v) is 11.8. The summed E-state index contributed by atoms with van der Waals surface area (Å²) in [5, 5.41) is 34.6. The summed E-state index contributed by atoms with van der Waals surface area (Å²) < 4.78 is 7.75. The highest BCUT2D eigenvalue weighted by atomic mass is 32.1. The minimum Gasteiger partial charge on any atom is -0.449 e. The van der Waals surface area contributed by atoms with E-state index in [1.807, 2.05) is 24.3 Å². The SMILES string of the molecule is O=c1/c(=C/c2ccccc2Oc2ccc([N+](=O)[O-])cc2[N+](=O)[O-])sc2n1[C@H](c1cccc([N+](=O)[O-])c1)C1=C(N=2)c2ccccc2CC1. The number of para-hydroxylation sites is 1. The van der Waals surface area contributed by atoms with Crippen LogP contribution in [0, 0.1) is 30.3 Å². The number of nitro benzene ring substituents is 3. The van der Waals surface area contributed by atoms with Gasteiger partial charge in [-0.2, -0.15) is 0 Å². The number of aromatic nitrogens is 1. The van der Waals surface area contributed by atoms with Crippen molar-refractivity contribution < 1.29 is 19.5 Å². The summed E-state index contributed by atoms with van der Waals surface area (Å²) in [7, 11) is 0. The molecule has 1 aromatic heterocycles. The van der Waals surface area contributed by atoms with Gasteiger partial charge in [0.25, 0.3) is 16.9 Å². The van der Waals surface area contributed by atoms with Crippen LogP contribution < -0.4 is 19.6 Å². The van der Waals surface area contributed by atoms with Gasteiger partial charge < -0.3 is 4.74 Å². The summed E-state index contributed by atoms with van der Waals surface area (Å²) in [6, 6.07) is 23.2. The average Bonchev–Trinajstić information content (AvgIpc) is 3.38. The Morgan fingerprint density at radius 1 is 0.809 bits per heavy atom. The Morgan fingerprint density at radius 3 is 2.34 bits per heavy atom. The van der Waals surface area contributed by atoms with Crippen molar-refractivity contribution >= 4 is 40.2 Å². The second kappa shape index (κ2) is 11.6. The van der Waals surface area contributed by atoms with E-state index in [4.69, 9.17) is 9.73 Å². The minimum absolute atomic E-state index is 0.0913. The number of nitro groups is 3. The van der Waals surface area contributed by atoms with E-state index in [0.29, 0.717) is 26.9 Å². The van der Waals surface area contributed by atoms with E-state index in [2.05, 4.69) is 0 Å². The predicted molar refractivity (Wildman–Crippen MR) is 172 cm³/mol. The number of fused-ring (bicyclic) bond motifs is 3. The molecule has 2 heterocycles. The summed E-state index contributed by atoms with van der Waals surface area (Å²) in [6.07, 6.45) is 2.93. The van der Waals surface area contributed by atoms with Crippen LogP contribution in [0.2, 0.25) is 0 Å². The first-order valence-corrected chi connectivity index (χ1v) is 15.1. The fourth-order valence-corrected chi connectivity index (χ4v) is 6.92. The Balaban J connectivity index is 1.39. The smallest absolute Gasteiger partial charge is 0.318 e. The molecule has 47 heavy (non-hydrogen) atoms. The molecular formula is C33H21N5O8S. The van der Waals surface area contributed by atoms with Crippen LogP contribution in [-0.4, -0.2) is 19.3 Å². The average molecular weight is 648 g/mol. The number of thiazole rings is 1. The number of allylic oxidation sites excluding steroid dienone is 1. The lowest BCUT2D eigenvalue weighted by molar-refractivity contribution is -0.394. The number of aryl methyl sites for hydroxylation is 1. The van der Waals surface area contributed by atoms with Crippen LogP contribution in [0.5, 0.6) is 11.5 Å². The Bertz CT molecular complexity index is 2380. The number of hydrogen-bond acceptors (Lipinski definition) is 10. The third-order valence-corrected chi connectivity index (χ3v) is 9.03. The van der Waals surface area contributed by atoms with Gasteiger partial charge in [-0.3, -0.25) is 39.7 Å². The molecule has 0 saturated carbocycles. The largest absolute Gasteiger partial charge is 0.449 e. The van der Waals surface area contributed by atoms with E-state index < -0.39 is 32.2 Å². The van der Waals surface area contributed by atoms with Crippen molar-refractivity contribution in [2.24, 2.45) is 4.99 Å². The molecular weight excluding hydrogens is 626 g/mol. The molecule has 0 fully saturated rings. The van der Waals surface area contributed by atoms with Crippen LogP contribution in [0.15, 0.2) is 106 Å². The maximum absolute atomic E-state index is 14.2. The van der Waals surface area contributed by atoms with Crippen LogP contribution >= 0.6 is 11.3 Å². The molecule has 0 spiro atoms. The quantitative estimate of drug-likeness (QED) is 0.157. The molecule has 0 saturated heterocycles. The highest BCUT2D eigenvalue weighted by Gasteiger charge is 2.33. The van der Waals surface area contributed by atoms with Crippen LogP contribution in [0.1, 0.15) is 34.7 Å². The monoisotopic (exact) mass is 647 g/mol. The summed E-state index contributed by atoms with van der Waals surface area (Å²) >= 11 is 1.15. The molecule has 5 aromatic rings. The number of rotatable bonds is 7. The zero-order chi connectivity index (χ0) is 32.8. The van der Waals surface area contributed by atoms with E-state index in [-0.39, 0.29) is 22.7 Å². The highest BCUT2D eigenvalue weighted by Crippen LogP contribution is 2.42. The van der Waals surface area contributed by atoms with E-state index in [9.17, 15) is 35.1 Å². The normalized spacial score (nSPS) is 15.2. The van der Waals surface area contributed by atoms with Crippen LogP contribution in [0.3, 0.4) is 0 Å². The van der Waals surface area contributed by atoms with Gasteiger partial charge in [0.05, 0.1) is 37.1 Å². The number of hydrogen-bond donors (Lipinski definition) is 0. The first-order chi connectivity index (χ1) is 22.7. The van der Waals surface area contributed by atoms with E-state index in [1.54, 1.807) is 47.0 Å². The lowest BCUT2D eigenvalue weighted by Gasteiger charge is -2.30. The lowest BCUT2D eigenvalue weighted by atomic mass is 9.83. The molecule has 0 bridgehead atoms. The van der Waals surface area contributed by atoms with Crippen molar-refractivity contribution in [2.45, 2.75) is 18.9 Å². The number of nitrogens with zero attached hydrogens (tertiary/aromatic N) is 5. The molecule has 7 rings (SSSR count). The van der Waals surface area contributed by atoms with Gasteiger partial charge in [0.1, 0.15) is 5.75 Å². The Labute approximate surface area is 268 Å². The zero-order valence-corrected chi connectivity index (χ0v) is 25.0. The molecule has 13 nitrogen and oxygen atoms in total. The summed E-state index contributed by atoms with van der Waals surface area (Å²) in [6.45, 7) is 0. The molecule has 232 valence electrons. The number of benzene rings is 4. The predicted octanol–water partition coefficient (Wildman–Crippen LogP) is 5.84. The van der Waals surface area contributed by atoms with Gasteiger partial charge in [-0.15, -0.1) is 0 Å². The molecule has 1 aliphatic heterocycles. The molecule has 0 unspecified atom stereocenters. The second-order valence-electron chi connectivity index (χ2n) is 10.8. The van der Waals surface area contributed by atoms with Crippen molar-refractivity contribution in [3.05, 3.63) is 169 Å². The Morgan fingerprint density at radius 2 is 1.55 bits per heavy atom. The van der Waals surface area contributed by atoms with Crippen LogP contribution in [0.25, 0.3) is 11.8 Å². The van der Waals surface area contributed by atoms with Gasteiger partial charge in [-0.05, 0) is 47.8 Å². The van der Waals surface area contributed by atoms with E-state index in [1.165, 1.54) is 12.1 Å². The molecule has 14 heteroatoms. The van der Waals surface area contributed by atoms with Gasteiger partial charge >= 0.3 is 5.69 Å². The topological polar surface area (TPSA) is 173 Å². The number of non-ortho nitro benzene ring substituents is 2. The van der Waals surface area contributed by atoms with E-state index >= 15 is 0 Å². The van der Waals surface area contributed by atoms with Gasteiger partial charge in [0.2, 0.25) is 5.75 Å². The third-order valence-electron chi connectivity index (χ3n) is 8.05. The molecule has 0 N–H and O–H groups in total. The maximum atomic E-state index is 14.2. The standard InChI is InChI=1S/C33H21N5O8S/c39-32-29(17-20-7-2-4-11-27(20)46-28-15-13-23(37(42)43)18-26(28)38(44)45)47-33-34-30-24-10-3-1-6-19(24)12-14-25(30)31(35(32)33)21-8-5-9-22(16-21)36(40)41/h1-11,13,15-18,31H,12,14H2/b29-17-/t31-/m1/s1. The minimum atomic E-state index is -0.767. The first kappa shape index (κ1) is 29.4. The Hall–Kier alpha value is -6.28. The summed E-state index contributed by atoms with van der Waals surface area (Å²) in [5.41, 5.74) is 3.21.